The summed E-state index contributed by atoms with van der Waals surface area (Å²) in [6.07, 6.45) is 0.689. The molecule has 1 saturated heterocycles. The molecule has 7 nitrogen and oxygen atoms in total. The van der Waals surface area contributed by atoms with Crippen molar-refractivity contribution in [3.8, 4) is 11.5 Å². The number of likely N-dealkylation sites (tertiary alicyclic amines) is 1. The van der Waals surface area contributed by atoms with Crippen LogP contribution in [0.1, 0.15) is 36.1 Å². The number of carbonyl (C=O) groups is 2. The summed E-state index contributed by atoms with van der Waals surface area (Å²) in [5.41, 5.74) is 1.98. The maximum atomic E-state index is 13.2. The molecular formula is C26H32N2O5. The number of aliphatic hydroxyl groups excluding tert-OH is 1. The Bertz CT molecular complexity index is 1060. The molecule has 33 heavy (non-hydrogen) atoms. The summed E-state index contributed by atoms with van der Waals surface area (Å²) in [6.45, 7) is 5.29. The fourth-order valence-corrected chi connectivity index (χ4v) is 4.16. The predicted octanol–water partition coefficient (Wildman–Crippen LogP) is 3.78. The summed E-state index contributed by atoms with van der Waals surface area (Å²) in [6, 6.07) is 11.8. The van der Waals surface area contributed by atoms with E-state index in [0.29, 0.717) is 42.2 Å². The van der Waals surface area contributed by atoms with Crippen molar-refractivity contribution in [2.45, 2.75) is 26.3 Å². The van der Waals surface area contributed by atoms with Crippen molar-refractivity contribution in [1.29, 1.82) is 0 Å². The Morgan fingerprint density at radius 1 is 1.15 bits per heavy atom. The highest BCUT2D eigenvalue weighted by Crippen LogP contribution is 2.43. The van der Waals surface area contributed by atoms with Gasteiger partial charge in [0.15, 0.2) is 0 Å². The third-order valence-corrected chi connectivity index (χ3v) is 5.75. The van der Waals surface area contributed by atoms with Gasteiger partial charge in [0.05, 0.1) is 25.3 Å². The zero-order valence-corrected chi connectivity index (χ0v) is 19.9. The number of benzene rings is 2. The average Bonchev–Trinajstić information content (AvgIpc) is 3.04. The first-order chi connectivity index (χ1) is 15.8. The van der Waals surface area contributed by atoms with Crippen LogP contribution in [0.5, 0.6) is 11.5 Å². The van der Waals surface area contributed by atoms with E-state index in [9.17, 15) is 14.7 Å². The van der Waals surface area contributed by atoms with E-state index in [-0.39, 0.29) is 11.3 Å². The Labute approximate surface area is 195 Å². The number of carbonyl (C=O) groups excluding carboxylic acids is 2. The number of aliphatic hydroxyl groups is 1. The summed E-state index contributed by atoms with van der Waals surface area (Å²) < 4.78 is 11.1. The minimum atomic E-state index is -0.739. The molecule has 1 atom stereocenters. The van der Waals surface area contributed by atoms with Crippen LogP contribution in [0.3, 0.4) is 0 Å². The zero-order chi connectivity index (χ0) is 24.1. The van der Waals surface area contributed by atoms with Gasteiger partial charge in [0.25, 0.3) is 11.7 Å². The minimum Gasteiger partial charge on any atom is -0.507 e. The molecule has 1 amide bonds. The first-order valence-corrected chi connectivity index (χ1v) is 11.1. The van der Waals surface area contributed by atoms with Gasteiger partial charge in [-0.1, -0.05) is 18.2 Å². The Morgan fingerprint density at radius 2 is 1.88 bits per heavy atom. The molecule has 1 aliphatic heterocycles. The van der Waals surface area contributed by atoms with Gasteiger partial charge in [0, 0.05) is 17.7 Å². The summed E-state index contributed by atoms with van der Waals surface area (Å²) in [5, 5.41) is 11.3. The van der Waals surface area contributed by atoms with E-state index in [1.165, 1.54) is 0 Å². The van der Waals surface area contributed by atoms with Gasteiger partial charge < -0.3 is 24.4 Å². The lowest BCUT2D eigenvalue weighted by Crippen LogP contribution is -2.32. The van der Waals surface area contributed by atoms with Crippen LogP contribution in [0.15, 0.2) is 48.0 Å². The summed E-state index contributed by atoms with van der Waals surface area (Å²) in [5.74, 6) is -0.269. The van der Waals surface area contributed by atoms with Crippen molar-refractivity contribution in [1.82, 2.24) is 9.80 Å². The SMILES string of the molecule is CCOc1ccccc1C1/C(=C(/O)c2ccc(OC)cc2C)C(=O)C(=O)N1CCCN(C)C. The van der Waals surface area contributed by atoms with Gasteiger partial charge in [-0.2, -0.15) is 0 Å². The lowest BCUT2D eigenvalue weighted by atomic mass is 9.93. The van der Waals surface area contributed by atoms with E-state index in [1.807, 2.05) is 57.1 Å². The number of Topliss-reactive ketones (excluding diaryl/α,β-unsaturated/α-hetero) is 1. The zero-order valence-electron chi connectivity index (χ0n) is 19.9. The van der Waals surface area contributed by atoms with Crippen LogP contribution < -0.4 is 9.47 Å². The molecule has 1 aliphatic rings. The normalized spacial score (nSPS) is 17.6. The van der Waals surface area contributed by atoms with Crippen LogP contribution in [-0.4, -0.2) is 67.5 Å². The number of ketones is 1. The molecular weight excluding hydrogens is 420 g/mol. The third-order valence-electron chi connectivity index (χ3n) is 5.75. The second kappa shape index (κ2) is 10.5. The van der Waals surface area contributed by atoms with Crippen molar-refractivity contribution in [2.75, 3.05) is 40.9 Å². The molecule has 0 aliphatic carbocycles. The number of para-hydroxylation sites is 1. The minimum absolute atomic E-state index is 0.0743. The molecule has 3 rings (SSSR count). The third kappa shape index (κ3) is 5.03. The number of aryl methyl sites for hydroxylation is 1. The maximum absolute atomic E-state index is 13.2. The van der Waals surface area contributed by atoms with Crippen molar-refractivity contribution in [3.05, 3.63) is 64.7 Å². The molecule has 176 valence electrons. The number of ether oxygens (including phenoxy) is 2. The lowest BCUT2D eigenvalue weighted by molar-refractivity contribution is -0.140. The van der Waals surface area contributed by atoms with Gasteiger partial charge in [0.1, 0.15) is 17.3 Å². The fourth-order valence-electron chi connectivity index (χ4n) is 4.16. The second-order valence-electron chi connectivity index (χ2n) is 8.30. The number of rotatable bonds is 9. The number of nitrogens with zero attached hydrogens (tertiary/aromatic N) is 2. The Balaban J connectivity index is 2.17. The van der Waals surface area contributed by atoms with E-state index >= 15 is 0 Å². The number of hydrogen-bond donors (Lipinski definition) is 1. The highest BCUT2D eigenvalue weighted by molar-refractivity contribution is 6.46. The Morgan fingerprint density at radius 3 is 2.52 bits per heavy atom. The number of amides is 1. The van der Waals surface area contributed by atoms with Crippen LogP contribution in [0.2, 0.25) is 0 Å². The molecule has 0 bridgehead atoms. The molecule has 1 unspecified atom stereocenters. The van der Waals surface area contributed by atoms with Crippen LogP contribution in [0.25, 0.3) is 5.76 Å². The summed E-state index contributed by atoms with van der Waals surface area (Å²) in [4.78, 5) is 29.9. The van der Waals surface area contributed by atoms with Crippen LogP contribution in [-0.2, 0) is 9.59 Å². The molecule has 1 fully saturated rings. The molecule has 2 aromatic rings. The largest absolute Gasteiger partial charge is 0.507 e. The first-order valence-electron chi connectivity index (χ1n) is 11.1. The molecule has 0 aromatic heterocycles. The topological polar surface area (TPSA) is 79.3 Å². The summed E-state index contributed by atoms with van der Waals surface area (Å²) >= 11 is 0. The molecule has 0 radical (unpaired) electrons. The monoisotopic (exact) mass is 452 g/mol. The molecule has 0 spiro atoms. The summed E-state index contributed by atoms with van der Waals surface area (Å²) in [7, 11) is 5.49. The van der Waals surface area contributed by atoms with Gasteiger partial charge in [-0.05, 0) is 70.7 Å². The van der Waals surface area contributed by atoms with Crippen LogP contribution in [0, 0.1) is 6.92 Å². The van der Waals surface area contributed by atoms with Gasteiger partial charge >= 0.3 is 0 Å². The van der Waals surface area contributed by atoms with Crippen molar-refractivity contribution in [2.24, 2.45) is 0 Å². The Kier molecular flexibility index (Phi) is 7.76. The van der Waals surface area contributed by atoms with Crippen molar-refractivity contribution in [3.63, 3.8) is 0 Å². The highest BCUT2D eigenvalue weighted by atomic mass is 16.5. The van der Waals surface area contributed by atoms with Gasteiger partial charge in [0.2, 0.25) is 0 Å². The standard InChI is InChI=1S/C26H32N2O5/c1-6-33-21-11-8-7-10-20(21)23-22(24(29)19-13-12-18(32-5)16-17(19)2)25(30)26(31)28(23)15-9-14-27(3)4/h7-8,10-13,16,23,29H,6,9,14-15H2,1-5H3/b24-22-. The van der Waals surface area contributed by atoms with E-state index < -0.39 is 17.7 Å². The van der Waals surface area contributed by atoms with Crippen molar-refractivity contribution >= 4 is 17.4 Å². The number of methoxy groups -OCH3 is 1. The quantitative estimate of drug-likeness (QED) is 0.354. The van der Waals surface area contributed by atoms with Crippen LogP contribution in [0.4, 0.5) is 0 Å². The lowest BCUT2D eigenvalue weighted by Gasteiger charge is -2.27. The van der Waals surface area contributed by atoms with Gasteiger partial charge in [-0.3, -0.25) is 9.59 Å². The van der Waals surface area contributed by atoms with Gasteiger partial charge in [-0.15, -0.1) is 0 Å². The van der Waals surface area contributed by atoms with E-state index in [0.717, 1.165) is 12.1 Å². The van der Waals surface area contributed by atoms with Crippen molar-refractivity contribution < 1.29 is 24.2 Å². The molecule has 7 heteroatoms. The average molecular weight is 453 g/mol. The number of hydrogen-bond acceptors (Lipinski definition) is 6. The predicted molar refractivity (Wildman–Crippen MR) is 128 cm³/mol. The Hall–Kier alpha value is -3.32. The highest BCUT2D eigenvalue weighted by Gasteiger charge is 2.46. The van der Waals surface area contributed by atoms with E-state index in [4.69, 9.17) is 9.47 Å². The van der Waals surface area contributed by atoms with E-state index in [1.54, 1.807) is 30.2 Å². The smallest absolute Gasteiger partial charge is 0.295 e. The maximum Gasteiger partial charge on any atom is 0.295 e. The van der Waals surface area contributed by atoms with Crippen LogP contribution >= 0.6 is 0 Å². The molecule has 0 saturated carbocycles. The molecule has 2 aromatic carbocycles. The van der Waals surface area contributed by atoms with E-state index in [2.05, 4.69) is 0 Å². The van der Waals surface area contributed by atoms with Gasteiger partial charge in [-0.25, -0.2) is 0 Å². The first kappa shape index (κ1) is 24.3. The fraction of sp³-hybridized carbons (Fsp3) is 0.385. The second-order valence-corrected chi connectivity index (χ2v) is 8.30. The molecule has 1 heterocycles. The molecule has 1 N–H and O–H groups in total.